The van der Waals surface area contributed by atoms with Gasteiger partial charge in [-0.05, 0) is 17.2 Å². The molecule has 3 heteroatoms. The Bertz CT molecular complexity index is 873. The van der Waals surface area contributed by atoms with Crippen molar-refractivity contribution < 1.29 is 0 Å². The number of hydrogen-bond donors (Lipinski definition) is 0. The fraction of sp³-hybridized carbons (Fsp3) is 0.111. The number of benzene rings is 2. The van der Waals surface area contributed by atoms with Crippen LogP contribution in [0.2, 0.25) is 0 Å². The second-order valence-electron chi connectivity index (χ2n) is 4.84. The Labute approximate surface area is 122 Å². The molecule has 3 aromatic rings. The van der Waals surface area contributed by atoms with Crippen molar-refractivity contribution in [3.63, 3.8) is 0 Å². The lowest BCUT2D eigenvalue weighted by Crippen LogP contribution is -2.20. The van der Waals surface area contributed by atoms with E-state index in [1.54, 1.807) is 10.6 Å². The maximum Gasteiger partial charge on any atom is 0.251 e. The molecule has 0 aliphatic heterocycles. The normalized spacial score (nSPS) is 10.4. The molecule has 0 saturated heterocycles. The van der Waals surface area contributed by atoms with Crippen molar-refractivity contribution in [2.75, 3.05) is 0 Å². The Kier molecular flexibility index (Phi) is 3.53. The first kappa shape index (κ1) is 13.1. The van der Waals surface area contributed by atoms with Crippen LogP contribution in [0, 0.1) is 11.3 Å². The van der Waals surface area contributed by atoms with Crippen LogP contribution < -0.4 is 5.56 Å². The summed E-state index contributed by atoms with van der Waals surface area (Å²) in [7, 11) is 0. The topological polar surface area (TPSA) is 45.8 Å². The van der Waals surface area contributed by atoms with E-state index in [0.717, 1.165) is 22.0 Å². The van der Waals surface area contributed by atoms with Crippen molar-refractivity contribution in [2.24, 2.45) is 0 Å². The fourth-order valence-corrected chi connectivity index (χ4v) is 2.58. The SMILES string of the molecule is N#CCCn1c(=O)cc(-c2ccccc2)c2ccccc21. The van der Waals surface area contributed by atoms with Crippen molar-refractivity contribution >= 4 is 10.9 Å². The third kappa shape index (κ3) is 2.44. The minimum absolute atomic E-state index is 0.0668. The lowest BCUT2D eigenvalue weighted by Gasteiger charge is -2.12. The van der Waals surface area contributed by atoms with Gasteiger partial charge in [0.25, 0.3) is 5.56 Å². The van der Waals surface area contributed by atoms with E-state index in [1.807, 2.05) is 54.6 Å². The van der Waals surface area contributed by atoms with Crippen LogP contribution in [0.15, 0.2) is 65.5 Å². The summed E-state index contributed by atoms with van der Waals surface area (Å²) in [6, 6.07) is 21.5. The second-order valence-corrected chi connectivity index (χ2v) is 4.84. The van der Waals surface area contributed by atoms with Gasteiger partial charge in [-0.25, -0.2) is 0 Å². The van der Waals surface area contributed by atoms with Gasteiger partial charge in [0.15, 0.2) is 0 Å². The molecule has 3 nitrogen and oxygen atoms in total. The van der Waals surface area contributed by atoms with Gasteiger partial charge in [0, 0.05) is 18.0 Å². The summed E-state index contributed by atoms with van der Waals surface area (Å²) in [5.74, 6) is 0. The molecule has 1 heterocycles. The van der Waals surface area contributed by atoms with E-state index < -0.39 is 0 Å². The first-order chi connectivity index (χ1) is 10.3. The van der Waals surface area contributed by atoms with Crippen molar-refractivity contribution in [3.05, 3.63) is 71.0 Å². The van der Waals surface area contributed by atoms with Gasteiger partial charge in [0.1, 0.15) is 0 Å². The molecule has 0 atom stereocenters. The van der Waals surface area contributed by atoms with Gasteiger partial charge in [0.05, 0.1) is 18.0 Å². The number of nitriles is 1. The van der Waals surface area contributed by atoms with Gasteiger partial charge in [-0.3, -0.25) is 4.79 Å². The van der Waals surface area contributed by atoms with E-state index in [9.17, 15) is 4.79 Å². The molecule has 0 spiro atoms. The van der Waals surface area contributed by atoms with E-state index in [4.69, 9.17) is 5.26 Å². The van der Waals surface area contributed by atoms with Crippen molar-refractivity contribution in [3.8, 4) is 17.2 Å². The minimum atomic E-state index is -0.0668. The molecular formula is C18H14N2O. The Balaban J connectivity index is 2.30. The number of aromatic nitrogens is 1. The summed E-state index contributed by atoms with van der Waals surface area (Å²) in [6.45, 7) is 0.422. The smallest absolute Gasteiger partial charge is 0.251 e. The number of aryl methyl sites for hydroxylation is 1. The molecule has 0 aliphatic rings. The number of nitrogens with zero attached hydrogens (tertiary/aromatic N) is 2. The zero-order valence-electron chi connectivity index (χ0n) is 11.5. The zero-order valence-corrected chi connectivity index (χ0v) is 11.5. The van der Waals surface area contributed by atoms with E-state index in [1.165, 1.54) is 0 Å². The predicted octanol–water partition coefficient (Wildman–Crippen LogP) is 3.58. The highest BCUT2D eigenvalue weighted by atomic mass is 16.1. The number of pyridine rings is 1. The number of fused-ring (bicyclic) bond motifs is 1. The third-order valence-corrected chi connectivity index (χ3v) is 3.55. The summed E-state index contributed by atoms with van der Waals surface area (Å²) in [5.41, 5.74) is 2.77. The van der Waals surface area contributed by atoms with Gasteiger partial charge < -0.3 is 4.57 Å². The first-order valence-corrected chi connectivity index (χ1v) is 6.86. The van der Waals surface area contributed by atoms with Crippen LogP contribution in [0.1, 0.15) is 6.42 Å². The van der Waals surface area contributed by atoms with Crippen LogP contribution in [0.5, 0.6) is 0 Å². The Hall–Kier alpha value is -2.86. The lowest BCUT2D eigenvalue weighted by molar-refractivity contribution is 0.714. The third-order valence-electron chi connectivity index (χ3n) is 3.55. The fourth-order valence-electron chi connectivity index (χ4n) is 2.58. The molecule has 0 N–H and O–H groups in total. The summed E-state index contributed by atoms with van der Waals surface area (Å²) in [5, 5.41) is 9.79. The number of para-hydroxylation sites is 1. The Morgan fingerprint density at radius 1 is 1.00 bits per heavy atom. The summed E-state index contributed by atoms with van der Waals surface area (Å²) < 4.78 is 1.67. The van der Waals surface area contributed by atoms with Crippen LogP contribution >= 0.6 is 0 Å². The average Bonchev–Trinajstić information content (AvgIpc) is 2.54. The van der Waals surface area contributed by atoms with Crippen LogP contribution in [0.4, 0.5) is 0 Å². The van der Waals surface area contributed by atoms with Gasteiger partial charge in [-0.1, -0.05) is 48.5 Å². The summed E-state index contributed by atoms with van der Waals surface area (Å²) in [4.78, 5) is 12.4. The Morgan fingerprint density at radius 3 is 2.48 bits per heavy atom. The second kappa shape index (κ2) is 5.64. The molecule has 2 aromatic carbocycles. The minimum Gasteiger partial charge on any atom is -0.307 e. The van der Waals surface area contributed by atoms with Crippen molar-refractivity contribution in [2.45, 2.75) is 13.0 Å². The first-order valence-electron chi connectivity index (χ1n) is 6.86. The van der Waals surface area contributed by atoms with E-state index in [2.05, 4.69) is 6.07 Å². The van der Waals surface area contributed by atoms with E-state index >= 15 is 0 Å². The largest absolute Gasteiger partial charge is 0.307 e. The molecule has 0 bridgehead atoms. The van der Waals surface area contributed by atoms with Crippen LogP contribution in [-0.2, 0) is 6.54 Å². The maximum absolute atomic E-state index is 12.4. The molecule has 0 fully saturated rings. The van der Waals surface area contributed by atoms with E-state index in [-0.39, 0.29) is 5.56 Å². The number of rotatable bonds is 3. The molecule has 0 unspecified atom stereocenters. The van der Waals surface area contributed by atoms with Crippen LogP contribution in [0.3, 0.4) is 0 Å². The van der Waals surface area contributed by atoms with E-state index in [0.29, 0.717) is 13.0 Å². The lowest BCUT2D eigenvalue weighted by atomic mass is 10.0. The molecule has 21 heavy (non-hydrogen) atoms. The average molecular weight is 274 g/mol. The molecular weight excluding hydrogens is 260 g/mol. The summed E-state index contributed by atoms with van der Waals surface area (Å²) >= 11 is 0. The molecule has 0 aliphatic carbocycles. The van der Waals surface area contributed by atoms with Crippen LogP contribution in [-0.4, -0.2) is 4.57 Å². The molecule has 102 valence electrons. The maximum atomic E-state index is 12.4. The predicted molar refractivity (Wildman–Crippen MR) is 83.9 cm³/mol. The quantitative estimate of drug-likeness (QED) is 0.732. The molecule has 0 saturated carbocycles. The van der Waals surface area contributed by atoms with Gasteiger partial charge in [-0.2, -0.15) is 5.26 Å². The Morgan fingerprint density at radius 2 is 1.71 bits per heavy atom. The summed E-state index contributed by atoms with van der Waals surface area (Å²) in [6.07, 6.45) is 0.328. The molecule has 0 amide bonds. The highest BCUT2D eigenvalue weighted by Gasteiger charge is 2.09. The monoisotopic (exact) mass is 274 g/mol. The van der Waals surface area contributed by atoms with Crippen molar-refractivity contribution in [1.29, 1.82) is 5.26 Å². The van der Waals surface area contributed by atoms with Gasteiger partial charge in [0.2, 0.25) is 0 Å². The van der Waals surface area contributed by atoms with Gasteiger partial charge in [-0.15, -0.1) is 0 Å². The van der Waals surface area contributed by atoms with Crippen molar-refractivity contribution in [1.82, 2.24) is 4.57 Å². The molecule has 1 aromatic heterocycles. The molecule has 0 radical (unpaired) electrons. The number of hydrogen-bond acceptors (Lipinski definition) is 2. The highest BCUT2D eigenvalue weighted by Crippen LogP contribution is 2.26. The van der Waals surface area contributed by atoms with Crippen LogP contribution in [0.25, 0.3) is 22.0 Å². The van der Waals surface area contributed by atoms with Gasteiger partial charge >= 0.3 is 0 Å². The highest BCUT2D eigenvalue weighted by molar-refractivity contribution is 5.94. The molecule has 3 rings (SSSR count). The zero-order chi connectivity index (χ0) is 14.7. The standard InChI is InChI=1S/C18H14N2O/c19-11-6-12-20-17-10-5-4-9-15(17)16(13-18(20)21)14-7-2-1-3-8-14/h1-5,7-10,13H,6,12H2.